The van der Waals surface area contributed by atoms with Crippen molar-refractivity contribution in [2.24, 2.45) is 7.05 Å². The summed E-state index contributed by atoms with van der Waals surface area (Å²) in [5.41, 5.74) is 0.0465. The van der Waals surface area contributed by atoms with Gasteiger partial charge in [0, 0.05) is 13.0 Å². The molecule has 1 aliphatic carbocycles. The number of anilines is 1. The number of aliphatic hydroxyl groups is 1. The second-order valence-electron chi connectivity index (χ2n) is 6.24. The van der Waals surface area contributed by atoms with Gasteiger partial charge in [0.05, 0.1) is 17.1 Å². The van der Waals surface area contributed by atoms with Crippen molar-refractivity contribution in [1.29, 1.82) is 0 Å². The molecule has 1 aromatic rings. The molecule has 0 radical (unpaired) electrons. The van der Waals surface area contributed by atoms with Gasteiger partial charge in [-0.05, 0) is 12.8 Å². The standard InChI is InChI=1S/C14H24N4O3/c1-10(2)11-12(18(20)21)13(17(3)16-11)15-14(9-19)7-5-4-6-8-14/h10,15,19H,4-9H2,1-3H3. The fourth-order valence-corrected chi connectivity index (χ4v) is 3.04. The molecule has 1 saturated carbocycles. The normalized spacial score (nSPS) is 18.0. The van der Waals surface area contributed by atoms with E-state index in [2.05, 4.69) is 10.4 Å². The van der Waals surface area contributed by atoms with E-state index in [1.165, 1.54) is 4.68 Å². The van der Waals surface area contributed by atoms with Gasteiger partial charge in [-0.15, -0.1) is 0 Å². The topological polar surface area (TPSA) is 93.2 Å². The number of hydrogen-bond donors (Lipinski definition) is 2. The van der Waals surface area contributed by atoms with Crippen LogP contribution in [-0.2, 0) is 7.05 Å². The first-order valence-electron chi connectivity index (χ1n) is 7.50. The summed E-state index contributed by atoms with van der Waals surface area (Å²) in [6, 6.07) is 0. The van der Waals surface area contributed by atoms with Crippen LogP contribution >= 0.6 is 0 Å². The van der Waals surface area contributed by atoms with Gasteiger partial charge >= 0.3 is 5.69 Å². The van der Waals surface area contributed by atoms with Crippen LogP contribution in [0.15, 0.2) is 0 Å². The van der Waals surface area contributed by atoms with Gasteiger partial charge in [0.15, 0.2) is 0 Å². The molecule has 0 amide bonds. The second kappa shape index (κ2) is 6.01. The molecule has 1 aliphatic rings. The molecule has 0 atom stereocenters. The largest absolute Gasteiger partial charge is 0.394 e. The van der Waals surface area contributed by atoms with E-state index in [1.54, 1.807) is 7.05 Å². The van der Waals surface area contributed by atoms with Crippen LogP contribution in [0.1, 0.15) is 57.6 Å². The van der Waals surface area contributed by atoms with E-state index in [0.29, 0.717) is 11.5 Å². The Morgan fingerprint density at radius 1 is 1.43 bits per heavy atom. The maximum atomic E-state index is 11.4. The molecule has 0 aromatic carbocycles. The Bertz CT molecular complexity index is 519. The van der Waals surface area contributed by atoms with E-state index < -0.39 is 5.54 Å². The Kier molecular flexibility index (Phi) is 4.51. The van der Waals surface area contributed by atoms with E-state index in [9.17, 15) is 15.2 Å². The molecule has 0 unspecified atom stereocenters. The Hall–Kier alpha value is -1.63. The first-order chi connectivity index (χ1) is 9.90. The van der Waals surface area contributed by atoms with Gasteiger partial charge in [-0.3, -0.25) is 10.1 Å². The van der Waals surface area contributed by atoms with E-state index in [-0.39, 0.29) is 23.1 Å². The number of aliphatic hydroxyl groups excluding tert-OH is 1. The van der Waals surface area contributed by atoms with Gasteiger partial charge in [-0.2, -0.15) is 5.10 Å². The van der Waals surface area contributed by atoms with Gasteiger partial charge in [0.25, 0.3) is 0 Å². The number of nitrogens with zero attached hydrogens (tertiary/aromatic N) is 3. The third-order valence-corrected chi connectivity index (χ3v) is 4.27. The summed E-state index contributed by atoms with van der Waals surface area (Å²) >= 11 is 0. The van der Waals surface area contributed by atoms with E-state index in [1.807, 2.05) is 13.8 Å². The smallest absolute Gasteiger partial charge is 0.334 e. The van der Waals surface area contributed by atoms with Gasteiger partial charge in [0.2, 0.25) is 5.82 Å². The van der Waals surface area contributed by atoms with Crippen LogP contribution in [0.2, 0.25) is 0 Å². The third kappa shape index (κ3) is 3.02. The zero-order chi connectivity index (χ0) is 15.6. The quantitative estimate of drug-likeness (QED) is 0.643. The molecular weight excluding hydrogens is 272 g/mol. The van der Waals surface area contributed by atoms with Crippen molar-refractivity contribution >= 4 is 11.5 Å². The van der Waals surface area contributed by atoms with Gasteiger partial charge in [0.1, 0.15) is 5.69 Å². The average Bonchev–Trinajstić information content (AvgIpc) is 2.77. The first-order valence-corrected chi connectivity index (χ1v) is 7.50. The Morgan fingerprint density at radius 2 is 2.05 bits per heavy atom. The molecule has 1 fully saturated rings. The minimum atomic E-state index is -0.467. The molecular formula is C14H24N4O3. The Balaban J connectivity index is 2.41. The van der Waals surface area contributed by atoms with Crippen molar-refractivity contribution in [1.82, 2.24) is 9.78 Å². The molecule has 0 aliphatic heterocycles. The zero-order valence-electron chi connectivity index (χ0n) is 12.9. The van der Waals surface area contributed by atoms with Crippen LogP contribution in [0.3, 0.4) is 0 Å². The maximum Gasteiger partial charge on any atom is 0.334 e. The van der Waals surface area contributed by atoms with E-state index in [4.69, 9.17) is 0 Å². The lowest BCUT2D eigenvalue weighted by atomic mass is 9.82. The lowest BCUT2D eigenvalue weighted by Gasteiger charge is -2.36. The fraction of sp³-hybridized carbons (Fsp3) is 0.786. The van der Waals surface area contributed by atoms with Crippen LogP contribution < -0.4 is 5.32 Å². The molecule has 7 nitrogen and oxygen atoms in total. The number of rotatable bonds is 5. The summed E-state index contributed by atoms with van der Waals surface area (Å²) in [5.74, 6) is 0.378. The third-order valence-electron chi connectivity index (χ3n) is 4.27. The Morgan fingerprint density at radius 3 is 2.52 bits per heavy atom. The van der Waals surface area contributed by atoms with Crippen molar-refractivity contribution in [2.45, 2.75) is 57.4 Å². The molecule has 2 rings (SSSR count). The molecule has 2 N–H and O–H groups in total. The summed E-state index contributed by atoms with van der Waals surface area (Å²) < 4.78 is 1.53. The lowest BCUT2D eigenvalue weighted by molar-refractivity contribution is -0.384. The van der Waals surface area contributed by atoms with Crippen molar-refractivity contribution in [3.63, 3.8) is 0 Å². The molecule has 0 spiro atoms. The van der Waals surface area contributed by atoms with Gasteiger partial charge in [-0.1, -0.05) is 33.1 Å². The Labute approximate surface area is 124 Å². The van der Waals surface area contributed by atoms with Crippen LogP contribution in [0.5, 0.6) is 0 Å². The highest BCUT2D eigenvalue weighted by molar-refractivity contribution is 5.61. The zero-order valence-corrected chi connectivity index (χ0v) is 12.9. The number of hydrogen-bond acceptors (Lipinski definition) is 5. The molecule has 7 heteroatoms. The number of aromatic nitrogens is 2. The number of nitrogens with one attached hydrogen (secondary N) is 1. The predicted octanol–water partition coefficient (Wildman–Crippen LogP) is 2.56. The summed E-state index contributed by atoms with van der Waals surface area (Å²) in [6.07, 6.45) is 4.84. The molecule has 21 heavy (non-hydrogen) atoms. The summed E-state index contributed by atoms with van der Waals surface area (Å²) in [7, 11) is 1.70. The van der Waals surface area contributed by atoms with Crippen LogP contribution in [0.4, 0.5) is 11.5 Å². The van der Waals surface area contributed by atoms with Crippen molar-refractivity contribution in [3.8, 4) is 0 Å². The van der Waals surface area contributed by atoms with E-state index in [0.717, 1.165) is 32.1 Å². The van der Waals surface area contributed by atoms with Crippen molar-refractivity contribution in [2.75, 3.05) is 11.9 Å². The van der Waals surface area contributed by atoms with E-state index >= 15 is 0 Å². The van der Waals surface area contributed by atoms with Crippen LogP contribution in [0, 0.1) is 10.1 Å². The summed E-state index contributed by atoms with van der Waals surface area (Å²) in [6.45, 7) is 3.76. The minimum absolute atomic E-state index is 0.0215. The highest BCUT2D eigenvalue weighted by Gasteiger charge is 2.37. The highest BCUT2D eigenvalue weighted by atomic mass is 16.6. The van der Waals surface area contributed by atoms with Crippen molar-refractivity contribution in [3.05, 3.63) is 15.8 Å². The molecule has 1 aromatic heterocycles. The number of aryl methyl sites for hydroxylation is 1. The van der Waals surface area contributed by atoms with Gasteiger partial charge in [-0.25, -0.2) is 4.68 Å². The molecule has 0 bridgehead atoms. The highest BCUT2D eigenvalue weighted by Crippen LogP contribution is 2.38. The van der Waals surface area contributed by atoms with Crippen LogP contribution in [0.25, 0.3) is 0 Å². The lowest BCUT2D eigenvalue weighted by Crippen LogP contribution is -2.44. The SMILES string of the molecule is CC(C)c1nn(C)c(NC2(CO)CCCCC2)c1[N+](=O)[O-]. The average molecular weight is 296 g/mol. The molecule has 118 valence electrons. The minimum Gasteiger partial charge on any atom is -0.394 e. The fourth-order valence-electron chi connectivity index (χ4n) is 3.04. The molecule has 1 heterocycles. The second-order valence-corrected chi connectivity index (χ2v) is 6.24. The first kappa shape index (κ1) is 15.8. The predicted molar refractivity (Wildman–Crippen MR) is 80.5 cm³/mol. The maximum absolute atomic E-state index is 11.4. The monoisotopic (exact) mass is 296 g/mol. The van der Waals surface area contributed by atoms with Gasteiger partial charge < -0.3 is 10.4 Å². The summed E-state index contributed by atoms with van der Waals surface area (Å²) in [5, 5.41) is 28.8. The summed E-state index contributed by atoms with van der Waals surface area (Å²) in [4.78, 5) is 11.1. The van der Waals surface area contributed by atoms with Crippen LogP contribution in [-0.4, -0.2) is 32.0 Å². The van der Waals surface area contributed by atoms with Crippen molar-refractivity contribution < 1.29 is 10.0 Å². The molecule has 0 saturated heterocycles. The number of nitro groups is 1.